The molecule has 1 aliphatic carbocycles. The van der Waals surface area contributed by atoms with Crippen LogP contribution in [0.25, 0.3) is 0 Å². The van der Waals surface area contributed by atoms with Gasteiger partial charge in [0.15, 0.2) is 0 Å². The van der Waals surface area contributed by atoms with Gasteiger partial charge in [0, 0.05) is 6.20 Å². The number of nitrogens with zero attached hydrogens (tertiary/aromatic N) is 2. The van der Waals surface area contributed by atoms with Crippen molar-refractivity contribution in [3.05, 3.63) is 17.5 Å². The molecule has 0 spiro atoms. The zero-order valence-electron chi connectivity index (χ0n) is 9.79. The van der Waals surface area contributed by atoms with Gasteiger partial charge in [0.25, 0.3) is 0 Å². The Morgan fingerprint density at radius 2 is 2.12 bits per heavy atom. The number of hydrogen-bond donors (Lipinski definition) is 0. The van der Waals surface area contributed by atoms with Gasteiger partial charge in [-0.3, -0.25) is 4.68 Å². The summed E-state index contributed by atoms with van der Waals surface area (Å²) in [6.07, 6.45) is 2.94. The van der Waals surface area contributed by atoms with E-state index in [9.17, 15) is 8.78 Å². The summed E-state index contributed by atoms with van der Waals surface area (Å²) in [4.78, 5) is 0. The van der Waals surface area contributed by atoms with Crippen molar-refractivity contribution in [3.63, 3.8) is 0 Å². The largest absolute Gasteiger partial charge is 0.269 e. The number of aromatic nitrogens is 2. The highest BCUT2D eigenvalue weighted by molar-refractivity contribution is 5.21. The molecule has 1 aliphatic rings. The number of halogens is 2. The topological polar surface area (TPSA) is 17.8 Å². The summed E-state index contributed by atoms with van der Waals surface area (Å²) in [6, 6.07) is 0.448. The highest BCUT2D eigenvalue weighted by Crippen LogP contribution is 2.32. The second-order valence-electron chi connectivity index (χ2n) is 4.85. The van der Waals surface area contributed by atoms with Crippen molar-refractivity contribution in [2.24, 2.45) is 0 Å². The monoisotopic (exact) mass is 228 g/mol. The molecular weight excluding hydrogens is 210 g/mol. The van der Waals surface area contributed by atoms with Crippen molar-refractivity contribution < 1.29 is 8.78 Å². The van der Waals surface area contributed by atoms with Crippen LogP contribution < -0.4 is 0 Å². The Bertz CT molecular complexity index is 354. The van der Waals surface area contributed by atoms with Gasteiger partial charge in [0.05, 0.1) is 18.2 Å². The van der Waals surface area contributed by atoms with Gasteiger partial charge in [0.2, 0.25) is 6.43 Å². The van der Waals surface area contributed by atoms with Gasteiger partial charge in [-0.2, -0.15) is 5.10 Å². The van der Waals surface area contributed by atoms with Crippen LogP contribution in [0.2, 0.25) is 0 Å². The number of rotatable bonds is 4. The highest BCUT2D eigenvalue weighted by atomic mass is 19.3. The van der Waals surface area contributed by atoms with Gasteiger partial charge in [0.1, 0.15) is 0 Å². The first-order chi connectivity index (χ1) is 7.58. The fourth-order valence-electron chi connectivity index (χ4n) is 2.07. The van der Waals surface area contributed by atoms with Crippen molar-refractivity contribution >= 4 is 0 Å². The third kappa shape index (κ3) is 2.25. The van der Waals surface area contributed by atoms with E-state index in [0.29, 0.717) is 11.7 Å². The molecule has 1 saturated carbocycles. The predicted octanol–water partition coefficient (Wildman–Crippen LogP) is 3.54. The molecule has 0 radical (unpaired) electrons. The molecule has 1 heterocycles. The summed E-state index contributed by atoms with van der Waals surface area (Å²) in [5.74, 6) is 0.266. The Hall–Kier alpha value is -0.930. The lowest BCUT2D eigenvalue weighted by atomic mass is 9.93. The molecule has 0 amide bonds. The van der Waals surface area contributed by atoms with Crippen molar-refractivity contribution in [1.29, 1.82) is 0 Å². The molecule has 1 aromatic heterocycles. The summed E-state index contributed by atoms with van der Waals surface area (Å²) in [7, 11) is 0. The van der Waals surface area contributed by atoms with Gasteiger partial charge in [-0.05, 0) is 30.7 Å². The standard InChI is InChI=1S/C12H18F2N2/c1-8(2)10-7-16(9-4-3-5-9)15-11(10)6-12(13)14/h7-9,12H,3-6H2,1-2H3. The van der Waals surface area contributed by atoms with Crippen LogP contribution in [0.1, 0.15) is 56.3 Å². The van der Waals surface area contributed by atoms with Crippen LogP contribution in [0.15, 0.2) is 6.20 Å². The maximum absolute atomic E-state index is 12.4. The van der Waals surface area contributed by atoms with Gasteiger partial charge in [-0.1, -0.05) is 13.8 Å². The second-order valence-corrected chi connectivity index (χ2v) is 4.85. The number of alkyl halides is 2. The lowest BCUT2D eigenvalue weighted by Crippen LogP contribution is -2.17. The van der Waals surface area contributed by atoms with Crippen LogP contribution >= 0.6 is 0 Å². The molecule has 0 bridgehead atoms. The fraction of sp³-hybridized carbons (Fsp3) is 0.750. The smallest absolute Gasteiger partial charge is 0.244 e. The van der Waals surface area contributed by atoms with E-state index in [1.165, 1.54) is 6.42 Å². The van der Waals surface area contributed by atoms with Crippen LogP contribution in [0, 0.1) is 0 Å². The molecule has 2 nitrogen and oxygen atoms in total. The molecule has 0 aliphatic heterocycles. The maximum atomic E-state index is 12.4. The van der Waals surface area contributed by atoms with E-state index in [-0.39, 0.29) is 12.3 Å². The van der Waals surface area contributed by atoms with E-state index >= 15 is 0 Å². The van der Waals surface area contributed by atoms with Gasteiger partial charge >= 0.3 is 0 Å². The average Bonchev–Trinajstić information content (AvgIpc) is 2.44. The summed E-state index contributed by atoms with van der Waals surface area (Å²) in [5.41, 5.74) is 1.56. The Morgan fingerprint density at radius 1 is 1.44 bits per heavy atom. The Balaban J connectivity index is 2.22. The van der Waals surface area contributed by atoms with Crippen LogP contribution in [-0.2, 0) is 6.42 Å². The SMILES string of the molecule is CC(C)c1cn(C2CCC2)nc1CC(F)F. The minimum atomic E-state index is -2.30. The fourth-order valence-corrected chi connectivity index (χ4v) is 2.07. The van der Waals surface area contributed by atoms with Crippen molar-refractivity contribution in [2.75, 3.05) is 0 Å². The van der Waals surface area contributed by atoms with Gasteiger partial charge in [-0.25, -0.2) is 8.78 Å². The molecule has 0 N–H and O–H groups in total. The second kappa shape index (κ2) is 4.52. The van der Waals surface area contributed by atoms with Crippen molar-refractivity contribution in [1.82, 2.24) is 9.78 Å². The van der Waals surface area contributed by atoms with E-state index in [1.54, 1.807) is 0 Å². The minimum absolute atomic E-state index is 0.215. The minimum Gasteiger partial charge on any atom is -0.269 e. The van der Waals surface area contributed by atoms with Crippen LogP contribution in [0.3, 0.4) is 0 Å². The van der Waals surface area contributed by atoms with Gasteiger partial charge in [-0.15, -0.1) is 0 Å². The molecule has 90 valence electrons. The molecule has 2 rings (SSSR count). The van der Waals surface area contributed by atoms with Crippen LogP contribution in [-0.4, -0.2) is 16.2 Å². The van der Waals surface area contributed by atoms with E-state index in [0.717, 1.165) is 18.4 Å². The molecule has 4 heteroatoms. The first-order valence-corrected chi connectivity index (χ1v) is 5.94. The first-order valence-electron chi connectivity index (χ1n) is 5.94. The zero-order valence-corrected chi connectivity index (χ0v) is 9.79. The Kier molecular flexibility index (Phi) is 3.26. The zero-order chi connectivity index (χ0) is 11.7. The molecule has 1 aromatic rings. The first kappa shape index (κ1) is 11.6. The molecule has 0 saturated heterocycles. The molecular formula is C12H18F2N2. The van der Waals surface area contributed by atoms with Gasteiger partial charge < -0.3 is 0 Å². The molecule has 16 heavy (non-hydrogen) atoms. The van der Waals surface area contributed by atoms with E-state index < -0.39 is 6.43 Å². The van der Waals surface area contributed by atoms with E-state index in [4.69, 9.17) is 0 Å². The van der Waals surface area contributed by atoms with E-state index in [1.807, 2.05) is 24.7 Å². The summed E-state index contributed by atoms with van der Waals surface area (Å²) in [6.45, 7) is 4.05. The molecule has 0 atom stereocenters. The number of hydrogen-bond acceptors (Lipinski definition) is 1. The maximum Gasteiger partial charge on any atom is 0.244 e. The summed E-state index contributed by atoms with van der Waals surface area (Å²) < 4.78 is 26.7. The third-order valence-electron chi connectivity index (χ3n) is 3.26. The molecule has 0 unspecified atom stereocenters. The summed E-state index contributed by atoms with van der Waals surface area (Å²) >= 11 is 0. The summed E-state index contributed by atoms with van der Waals surface area (Å²) in [5, 5.41) is 4.33. The van der Waals surface area contributed by atoms with E-state index in [2.05, 4.69) is 5.10 Å². The Morgan fingerprint density at radius 3 is 2.56 bits per heavy atom. The molecule has 1 fully saturated rings. The third-order valence-corrected chi connectivity index (χ3v) is 3.26. The average molecular weight is 228 g/mol. The quantitative estimate of drug-likeness (QED) is 0.770. The van der Waals surface area contributed by atoms with Crippen LogP contribution in [0.4, 0.5) is 8.78 Å². The normalized spacial score (nSPS) is 17.1. The van der Waals surface area contributed by atoms with Crippen molar-refractivity contribution in [2.45, 2.75) is 57.9 Å². The lowest BCUT2D eigenvalue weighted by Gasteiger charge is -2.25. The van der Waals surface area contributed by atoms with Crippen LogP contribution in [0.5, 0.6) is 0 Å². The predicted molar refractivity (Wildman–Crippen MR) is 58.9 cm³/mol. The molecule has 0 aromatic carbocycles. The van der Waals surface area contributed by atoms with Crippen molar-refractivity contribution in [3.8, 4) is 0 Å². The highest BCUT2D eigenvalue weighted by Gasteiger charge is 2.23. The lowest BCUT2D eigenvalue weighted by molar-refractivity contribution is 0.147. The Labute approximate surface area is 94.6 Å².